The van der Waals surface area contributed by atoms with Crippen LogP contribution >= 0.6 is 11.6 Å². The van der Waals surface area contributed by atoms with Crippen LogP contribution in [0.3, 0.4) is 0 Å². The fourth-order valence-electron chi connectivity index (χ4n) is 2.78. The number of amides is 1. The minimum atomic E-state index is -0.373. The van der Waals surface area contributed by atoms with E-state index in [1.54, 1.807) is 12.1 Å². The number of carbonyl (C=O) groups is 1. The predicted molar refractivity (Wildman–Crippen MR) is 96.9 cm³/mol. The maximum atomic E-state index is 12.3. The average Bonchev–Trinajstić information content (AvgIpc) is 2.63. The van der Waals surface area contributed by atoms with Gasteiger partial charge >= 0.3 is 0 Å². The van der Waals surface area contributed by atoms with Crippen molar-refractivity contribution in [2.75, 3.05) is 19.5 Å². The quantitative estimate of drug-likeness (QED) is 0.595. The number of hydrogen-bond donors (Lipinski definition) is 2. The Morgan fingerprint density at radius 1 is 1.24 bits per heavy atom. The summed E-state index contributed by atoms with van der Waals surface area (Å²) < 4.78 is 10.4. The zero-order chi connectivity index (χ0) is 18.2. The number of nitrogens with one attached hydrogen (secondary N) is 2. The fraction of sp³-hybridized carbons (Fsp3) is 0.444. The zero-order valence-electron chi connectivity index (χ0n) is 14.4. The van der Waals surface area contributed by atoms with Gasteiger partial charge in [0.05, 0.1) is 24.9 Å². The average molecular weight is 364 g/mol. The highest BCUT2D eigenvalue weighted by molar-refractivity contribution is 6.32. The lowest BCUT2D eigenvalue weighted by Gasteiger charge is -2.22. The van der Waals surface area contributed by atoms with Gasteiger partial charge in [0.15, 0.2) is 0 Å². The molecule has 6 nitrogen and oxygen atoms in total. The standard InChI is InChI=1S/C18H22ClN3O3/c1-24-16-9-15(17(25-2)8-14(16)19)21-11-12(10-20)18(23)22-13-6-4-3-5-7-13/h8-9,11,13,21H,3-7H2,1-2H3,(H,22,23)/b12-11-. The molecular formula is C18H22ClN3O3. The topological polar surface area (TPSA) is 83.4 Å². The first-order valence-electron chi connectivity index (χ1n) is 8.18. The number of benzene rings is 1. The number of carbonyl (C=O) groups excluding carboxylic acids is 1. The van der Waals surface area contributed by atoms with E-state index in [0.29, 0.717) is 22.2 Å². The first kappa shape index (κ1) is 18.9. The molecule has 0 saturated heterocycles. The van der Waals surface area contributed by atoms with E-state index in [4.69, 9.17) is 21.1 Å². The van der Waals surface area contributed by atoms with Crippen molar-refractivity contribution in [2.24, 2.45) is 0 Å². The van der Waals surface area contributed by atoms with Gasteiger partial charge in [0, 0.05) is 24.4 Å². The summed E-state index contributed by atoms with van der Waals surface area (Å²) in [6.07, 6.45) is 6.70. The van der Waals surface area contributed by atoms with Crippen LogP contribution in [0.15, 0.2) is 23.9 Å². The summed E-state index contributed by atoms with van der Waals surface area (Å²) in [5.41, 5.74) is 0.545. The van der Waals surface area contributed by atoms with Gasteiger partial charge in [-0.2, -0.15) is 5.26 Å². The van der Waals surface area contributed by atoms with Gasteiger partial charge < -0.3 is 20.1 Å². The second kappa shape index (κ2) is 9.19. The van der Waals surface area contributed by atoms with Crippen molar-refractivity contribution in [3.8, 4) is 17.6 Å². The minimum absolute atomic E-state index is 0.00143. The fourth-order valence-corrected chi connectivity index (χ4v) is 3.01. The third kappa shape index (κ3) is 5.04. The minimum Gasteiger partial charge on any atom is -0.495 e. The molecule has 25 heavy (non-hydrogen) atoms. The third-order valence-corrected chi connectivity index (χ3v) is 4.45. The summed E-state index contributed by atoms with van der Waals surface area (Å²) in [6.45, 7) is 0. The summed E-state index contributed by atoms with van der Waals surface area (Å²) in [4.78, 5) is 12.3. The van der Waals surface area contributed by atoms with Crippen molar-refractivity contribution in [1.29, 1.82) is 5.26 Å². The molecule has 1 fully saturated rings. The normalized spacial score (nSPS) is 15.2. The highest BCUT2D eigenvalue weighted by Gasteiger charge is 2.18. The maximum absolute atomic E-state index is 12.3. The van der Waals surface area contributed by atoms with Crippen molar-refractivity contribution < 1.29 is 14.3 Å². The van der Waals surface area contributed by atoms with Gasteiger partial charge in [-0.1, -0.05) is 30.9 Å². The molecule has 0 radical (unpaired) electrons. The number of rotatable bonds is 6. The van der Waals surface area contributed by atoms with Gasteiger partial charge in [-0.25, -0.2) is 0 Å². The Labute approximate surface area is 152 Å². The van der Waals surface area contributed by atoms with Crippen LogP contribution in [0.1, 0.15) is 32.1 Å². The molecule has 0 aliphatic heterocycles. The molecule has 0 aromatic heterocycles. The number of ether oxygens (including phenoxy) is 2. The van der Waals surface area contributed by atoms with Crippen LogP contribution in [0.4, 0.5) is 5.69 Å². The van der Waals surface area contributed by atoms with Crippen molar-refractivity contribution in [2.45, 2.75) is 38.1 Å². The smallest absolute Gasteiger partial charge is 0.263 e. The summed E-state index contributed by atoms with van der Waals surface area (Å²) >= 11 is 6.06. The highest BCUT2D eigenvalue weighted by Crippen LogP contribution is 2.35. The number of nitriles is 1. The number of methoxy groups -OCH3 is 2. The van der Waals surface area contributed by atoms with Crippen molar-refractivity contribution in [3.05, 3.63) is 28.9 Å². The Kier molecular flexibility index (Phi) is 6.96. The second-order valence-corrected chi connectivity index (χ2v) is 6.22. The van der Waals surface area contributed by atoms with Crippen LogP contribution in [0.5, 0.6) is 11.5 Å². The van der Waals surface area contributed by atoms with E-state index in [2.05, 4.69) is 10.6 Å². The number of halogens is 1. The zero-order valence-corrected chi connectivity index (χ0v) is 15.2. The van der Waals surface area contributed by atoms with Crippen LogP contribution in [-0.2, 0) is 4.79 Å². The lowest BCUT2D eigenvalue weighted by atomic mass is 9.95. The van der Waals surface area contributed by atoms with E-state index < -0.39 is 0 Å². The van der Waals surface area contributed by atoms with Crippen molar-refractivity contribution >= 4 is 23.2 Å². The molecule has 1 aromatic carbocycles. The summed E-state index contributed by atoms with van der Waals surface area (Å²) in [5.74, 6) is 0.567. The predicted octanol–water partition coefficient (Wildman–Crippen LogP) is 3.63. The van der Waals surface area contributed by atoms with Crippen molar-refractivity contribution in [3.63, 3.8) is 0 Å². The molecule has 134 valence electrons. The lowest BCUT2D eigenvalue weighted by Crippen LogP contribution is -2.37. The molecule has 0 spiro atoms. The Hall–Kier alpha value is -2.39. The van der Waals surface area contributed by atoms with Crippen LogP contribution in [-0.4, -0.2) is 26.2 Å². The van der Waals surface area contributed by atoms with E-state index in [0.717, 1.165) is 25.7 Å². The van der Waals surface area contributed by atoms with Gasteiger partial charge in [0.25, 0.3) is 5.91 Å². The first-order chi connectivity index (χ1) is 12.1. The van der Waals surface area contributed by atoms with E-state index >= 15 is 0 Å². The van der Waals surface area contributed by atoms with Crippen LogP contribution in [0.25, 0.3) is 0 Å². The summed E-state index contributed by atoms with van der Waals surface area (Å²) in [7, 11) is 3.01. The molecule has 1 aliphatic carbocycles. The largest absolute Gasteiger partial charge is 0.495 e. The SMILES string of the molecule is COc1cc(N/C=C(/C#N)C(=O)NC2CCCCC2)c(OC)cc1Cl. The Balaban J connectivity index is 2.12. The molecule has 1 aliphatic rings. The van der Waals surface area contributed by atoms with Gasteiger partial charge in [0.2, 0.25) is 0 Å². The van der Waals surface area contributed by atoms with Crippen LogP contribution in [0.2, 0.25) is 5.02 Å². The van der Waals surface area contributed by atoms with E-state index in [-0.39, 0.29) is 17.5 Å². The van der Waals surface area contributed by atoms with Gasteiger partial charge in [0.1, 0.15) is 23.1 Å². The number of anilines is 1. The molecule has 2 N–H and O–H groups in total. The lowest BCUT2D eigenvalue weighted by molar-refractivity contribution is -0.118. The molecule has 7 heteroatoms. The number of nitrogens with zero attached hydrogens (tertiary/aromatic N) is 1. The molecule has 0 unspecified atom stereocenters. The molecule has 0 heterocycles. The van der Waals surface area contributed by atoms with Crippen LogP contribution < -0.4 is 20.1 Å². The van der Waals surface area contributed by atoms with Crippen LogP contribution in [0, 0.1) is 11.3 Å². The summed E-state index contributed by atoms with van der Waals surface area (Å²) in [6, 6.07) is 5.32. The molecule has 1 amide bonds. The number of hydrogen-bond acceptors (Lipinski definition) is 5. The molecule has 1 saturated carbocycles. The maximum Gasteiger partial charge on any atom is 0.263 e. The van der Waals surface area contributed by atoms with Crippen molar-refractivity contribution in [1.82, 2.24) is 5.32 Å². The monoisotopic (exact) mass is 363 g/mol. The van der Waals surface area contributed by atoms with Gasteiger partial charge in [-0.05, 0) is 12.8 Å². The summed E-state index contributed by atoms with van der Waals surface area (Å²) in [5, 5.41) is 15.5. The third-order valence-electron chi connectivity index (χ3n) is 4.15. The molecular weight excluding hydrogens is 342 g/mol. The van der Waals surface area contributed by atoms with Gasteiger partial charge in [-0.3, -0.25) is 4.79 Å². The molecule has 0 bridgehead atoms. The molecule has 0 atom stereocenters. The Morgan fingerprint density at radius 3 is 2.52 bits per heavy atom. The van der Waals surface area contributed by atoms with E-state index in [9.17, 15) is 10.1 Å². The van der Waals surface area contributed by atoms with E-state index in [1.807, 2.05) is 6.07 Å². The highest BCUT2D eigenvalue weighted by atomic mass is 35.5. The first-order valence-corrected chi connectivity index (χ1v) is 8.56. The molecule has 2 rings (SSSR count). The van der Waals surface area contributed by atoms with Gasteiger partial charge in [-0.15, -0.1) is 0 Å². The molecule has 1 aromatic rings. The Morgan fingerprint density at radius 2 is 1.92 bits per heavy atom. The van der Waals surface area contributed by atoms with E-state index in [1.165, 1.54) is 26.8 Å². The Bertz CT molecular complexity index is 692. The second-order valence-electron chi connectivity index (χ2n) is 5.81.